The molecule has 6 heteroatoms. The second-order valence-corrected chi connectivity index (χ2v) is 6.63. The van der Waals surface area contributed by atoms with Crippen LogP contribution in [0.25, 0.3) is 0 Å². The van der Waals surface area contributed by atoms with E-state index in [-0.39, 0.29) is 17.8 Å². The Hall–Kier alpha value is -3.15. The molecule has 1 atom stereocenters. The molecule has 0 saturated heterocycles. The lowest BCUT2D eigenvalue weighted by Crippen LogP contribution is -2.44. The third-order valence-corrected chi connectivity index (χ3v) is 4.68. The highest BCUT2D eigenvalue weighted by Gasteiger charge is 2.40. The van der Waals surface area contributed by atoms with E-state index in [1.165, 1.54) is 12.1 Å². The molecule has 0 aliphatic carbocycles. The standard InChI is InChI=1S/C20H18FN3O2/c1-12-3-2-4-14(9-12)18-17-16(22-20(26)23-18)11-24(19(17)25)10-13-5-7-15(21)8-6-13/h2-9,18H,10-11H2,1H3,(H2,22,23,26)/t18-/m1/s1. The van der Waals surface area contributed by atoms with E-state index in [9.17, 15) is 14.0 Å². The van der Waals surface area contributed by atoms with Crippen LogP contribution in [-0.4, -0.2) is 23.4 Å². The Kier molecular flexibility index (Phi) is 3.95. The van der Waals surface area contributed by atoms with Crippen LogP contribution in [0.3, 0.4) is 0 Å². The number of carbonyl (C=O) groups is 2. The molecule has 0 radical (unpaired) electrons. The van der Waals surface area contributed by atoms with Crippen molar-refractivity contribution < 1.29 is 14.0 Å². The average molecular weight is 351 g/mol. The molecule has 2 aromatic carbocycles. The molecule has 0 spiro atoms. The normalized spacial score (nSPS) is 19.3. The fraction of sp³-hybridized carbons (Fsp3) is 0.200. The monoisotopic (exact) mass is 351 g/mol. The van der Waals surface area contributed by atoms with E-state index in [2.05, 4.69) is 10.6 Å². The third-order valence-electron chi connectivity index (χ3n) is 4.68. The number of nitrogens with one attached hydrogen (secondary N) is 2. The number of halogens is 1. The van der Waals surface area contributed by atoms with Gasteiger partial charge in [0.15, 0.2) is 0 Å². The first-order valence-corrected chi connectivity index (χ1v) is 8.42. The Balaban J connectivity index is 1.62. The van der Waals surface area contributed by atoms with E-state index in [1.807, 2.05) is 31.2 Å². The lowest BCUT2D eigenvalue weighted by Gasteiger charge is -2.25. The number of hydrogen-bond donors (Lipinski definition) is 2. The van der Waals surface area contributed by atoms with Crippen LogP contribution >= 0.6 is 0 Å². The first-order valence-electron chi connectivity index (χ1n) is 8.42. The Morgan fingerprint density at radius 1 is 1.15 bits per heavy atom. The molecule has 26 heavy (non-hydrogen) atoms. The summed E-state index contributed by atoms with van der Waals surface area (Å²) in [5.41, 5.74) is 3.98. The molecule has 3 amide bonds. The van der Waals surface area contributed by atoms with Gasteiger partial charge in [0.25, 0.3) is 5.91 Å². The van der Waals surface area contributed by atoms with E-state index < -0.39 is 6.04 Å². The Morgan fingerprint density at radius 3 is 2.65 bits per heavy atom. The molecule has 0 fully saturated rings. The van der Waals surface area contributed by atoms with Gasteiger partial charge in [-0.25, -0.2) is 9.18 Å². The maximum absolute atomic E-state index is 13.1. The lowest BCUT2D eigenvalue weighted by molar-refractivity contribution is -0.126. The smallest absolute Gasteiger partial charge is 0.319 e. The van der Waals surface area contributed by atoms with Gasteiger partial charge in [-0.1, -0.05) is 42.0 Å². The van der Waals surface area contributed by atoms with Gasteiger partial charge < -0.3 is 15.5 Å². The van der Waals surface area contributed by atoms with Gasteiger partial charge in [-0.2, -0.15) is 0 Å². The third kappa shape index (κ3) is 2.94. The molecule has 5 nitrogen and oxygen atoms in total. The summed E-state index contributed by atoms with van der Waals surface area (Å²) in [6, 6.07) is 13.1. The molecule has 4 rings (SSSR count). The molecule has 2 N–H and O–H groups in total. The van der Waals surface area contributed by atoms with E-state index in [4.69, 9.17) is 0 Å². The fourth-order valence-corrected chi connectivity index (χ4v) is 3.47. The molecular formula is C20H18FN3O2. The summed E-state index contributed by atoms with van der Waals surface area (Å²) in [5, 5.41) is 5.60. The van der Waals surface area contributed by atoms with Crippen LogP contribution in [0.1, 0.15) is 22.7 Å². The average Bonchev–Trinajstić information content (AvgIpc) is 2.92. The van der Waals surface area contributed by atoms with Crippen molar-refractivity contribution >= 4 is 11.9 Å². The molecule has 0 unspecified atom stereocenters. The highest BCUT2D eigenvalue weighted by Crippen LogP contribution is 2.33. The Morgan fingerprint density at radius 2 is 1.92 bits per heavy atom. The zero-order valence-electron chi connectivity index (χ0n) is 14.3. The van der Waals surface area contributed by atoms with Crippen LogP contribution in [0.15, 0.2) is 59.8 Å². The molecule has 132 valence electrons. The van der Waals surface area contributed by atoms with Crippen molar-refractivity contribution in [3.63, 3.8) is 0 Å². The van der Waals surface area contributed by atoms with Gasteiger partial charge in [-0.15, -0.1) is 0 Å². The maximum atomic E-state index is 13.1. The van der Waals surface area contributed by atoms with Gasteiger partial charge in [-0.05, 0) is 30.2 Å². The summed E-state index contributed by atoms with van der Waals surface area (Å²) >= 11 is 0. The minimum atomic E-state index is -0.468. The molecule has 0 saturated carbocycles. The molecule has 2 aliphatic heterocycles. The van der Waals surface area contributed by atoms with Crippen LogP contribution in [0.5, 0.6) is 0 Å². The van der Waals surface area contributed by atoms with Gasteiger partial charge in [-0.3, -0.25) is 4.79 Å². The molecule has 0 aromatic heterocycles. The van der Waals surface area contributed by atoms with Gasteiger partial charge in [0.2, 0.25) is 0 Å². The van der Waals surface area contributed by atoms with E-state index >= 15 is 0 Å². The number of rotatable bonds is 3. The second-order valence-electron chi connectivity index (χ2n) is 6.63. The van der Waals surface area contributed by atoms with Crippen LogP contribution in [-0.2, 0) is 11.3 Å². The predicted octanol–water partition coefficient (Wildman–Crippen LogP) is 2.78. The molecule has 2 aliphatic rings. The summed E-state index contributed by atoms with van der Waals surface area (Å²) < 4.78 is 13.1. The fourth-order valence-electron chi connectivity index (χ4n) is 3.47. The maximum Gasteiger partial charge on any atom is 0.319 e. The van der Waals surface area contributed by atoms with Gasteiger partial charge in [0.1, 0.15) is 5.82 Å². The number of urea groups is 1. The topological polar surface area (TPSA) is 61.4 Å². The number of hydrogen-bond acceptors (Lipinski definition) is 2. The van der Waals surface area contributed by atoms with Gasteiger partial charge in [0.05, 0.1) is 23.9 Å². The Labute approximate surface area is 150 Å². The number of amides is 3. The predicted molar refractivity (Wildman–Crippen MR) is 94.4 cm³/mol. The van der Waals surface area contributed by atoms with Crippen molar-refractivity contribution in [1.82, 2.24) is 15.5 Å². The zero-order chi connectivity index (χ0) is 18.3. The number of nitrogens with zero attached hydrogens (tertiary/aromatic N) is 1. The van der Waals surface area contributed by atoms with Crippen LogP contribution in [0.2, 0.25) is 0 Å². The lowest BCUT2D eigenvalue weighted by atomic mass is 9.95. The van der Waals surface area contributed by atoms with Crippen molar-refractivity contribution in [2.24, 2.45) is 0 Å². The summed E-state index contributed by atoms with van der Waals surface area (Å²) in [7, 11) is 0. The van der Waals surface area contributed by atoms with Crippen molar-refractivity contribution in [3.05, 3.63) is 82.3 Å². The van der Waals surface area contributed by atoms with Gasteiger partial charge in [0, 0.05) is 6.54 Å². The first kappa shape index (κ1) is 16.3. The van der Waals surface area contributed by atoms with Crippen molar-refractivity contribution in [1.29, 1.82) is 0 Å². The van der Waals surface area contributed by atoms with Crippen molar-refractivity contribution in [3.8, 4) is 0 Å². The highest BCUT2D eigenvalue weighted by atomic mass is 19.1. The summed E-state index contributed by atoms with van der Waals surface area (Å²) in [5.74, 6) is -0.432. The van der Waals surface area contributed by atoms with Crippen LogP contribution in [0.4, 0.5) is 9.18 Å². The SMILES string of the molecule is Cc1cccc([C@H]2NC(=O)NC3=C2C(=O)N(Cc2ccc(F)cc2)C3)c1. The minimum absolute atomic E-state index is 0.122. The highest BCUT2D eigenvalue weighted by molar-refractivity contribution is 6.01. The van der Waals surface area contributed by atoms with E-state index in [0.29, 0.717) is 24.4 Å². The van der Waals surface area contributed by atoms with E-state index in [1.54, 1.807) is 17.0 Å². The molecule has 2 aromatic rings. The minimum Gasteiger partial charge on any atom is -0.329 e. The van der Waals surface area contributed by atoms with Crippen molar-refractivity contribution in [2.75, 3.05) is 6.54 Å². The molecule has 0 bridgehead atoms. The largest absolute Gasteiger partial charge is 0.329 e. The summed E-state index contributed by atoms with van der Waals surface area (Å²) in [4.78, 5) is 26.7. The molecular weight excluding hydrogens is 333 g/mol. The van der Waals surface area contributed by atoms with E-state index in [0.717, 1.165) is 16.7 Å². The quantitative estimate of drug-likeness (QED) is 0.893. The van der Waals surface area contributed by atoms with Crippen LogP contribution < -0.4 is 10.6 Å². The number of benzene rings is 2. The summed E-state index contributed by atoms with van der Waals surface area (Å²) in [6.45, 7) is 2.67. The van der Waals surface area contributed by atoms with Gasteiger partial charge >= 0.3 is 6.03 Å². The first-order chi connectivity index (χ1) is 12.5. The molecule has 2 heterocycles. The zero-order valence-corrected chi connectivity index (χ0v) is 14.3. The van der Waals surface area contributed by atoms with Crippen molar-refractivity contribution in [2.45, 2.75) is 19.5 Å². The summed E-state index contributed by atoms with van der Waals surface area (Å²) in [6.07, 6.45) is 0. The Bertz CT molecular complexity index is 921. The second kappa shape index (κ2) is 6.29. The van der Waals surface area contributed by atoms with Crippen LogP contribution in [0, 0.1) is 12.7 Å². The number of aryl methyl sites for hydroxylation is 1. The number of carbonyl (C=O) groups excluding carboxylic acids is 2.